The summed E-state index contributed by atoms with van der Waals surface area (Å²) in [5.74, 6) is -0.190. The summed E-state index contributed by atoms with van der Waals surface area (Å²) < 4.78 is 13.2. The Morgan fingerprint density at radius 3 is 2.52 bits per heavy atom. The zero-order valence-corrected chi connectivity index (χ0v) is 12.9. The fraction of sp³-hybridized carbons (Fsp3) is 0.333. The van der Waals surface area contributed by atoms with Gasteiger partial charge in [0, 0.05) is 25.3 Å². The van der Waals surface area contributed by atoms with Gasteiger partial charge in [-0.05, 0) is 55.2 Å². The van der Waals surface area contributed by atoms with Gasteiger partial charge in [0.25, 0.3) is 0 Å². The van der Waals surface area contributed by atoms with E-state index in [2.05, 4.69) is 30.0 Å². The predicted molar refractivity (Wildman–Crippen MR) is 87.0 cm³/mol. The van der Waals surface area contributed by atoms with Crippen LogP contribution in [0.5, 0.6) is 0 Å². The number of benzene rings is 2. The molecule has 0 bridgehead atoms. The maximum absolute atomic E-state index is 13.2. The first kappa shape index (κ1) is 15.5. The highest BCUT2D eigenvalue weighted by molar-refractivity contribution is 5.54. The molecule has 2 rings (SSSR count). The molecule has 1 unspecified atom stereocenters. The summed E-state index contributed by atoms with van der Waals surface area (Å²) in [4.78, 5) is 2.14. The number of rotatable bonds is 5. The first-order chi connectivity index (χ1) is 9.95. The standard InChI is InChI=1S/C18H23FN2/c1-13-9-15(10-14(2)20)7-8-18(13)21(3)12-16-5-4-6-17(19)11-16/h4-9,11,14H,10,12,20H2,1-3H3. The van der Waals surface area contributed by atoms with Crippen LogP contribution >= 0.6 is 0 Å². The van der Waals surface area contributed by atoms with E-state index >= 15 is 0 Å². The minimum Gasteiger partial charge on any atom is -0.370 e. The lowest BCUT2D eigenvalue weighted by atomic mass is 10.0. The molecule has 2 aromatic rings. The summed E-state index contributed by atoms with van der Waals surface area (Å²) in [5.41, 5.74) is 10.4. The predicted octanol–water partition coefficient (Wildman–Crippen LogP) is 3.66. The average Bonchev–Trinajstić information content (AvgIpc) is 2.37. The molecular weight excluding hydrogens is 263 g/mol. The van der Waals surface area contributed by atoms with E-state index in [1.54, 1.807) is 12.1 Å². The molecule has 1 atom stereocenters. The average molecular weight is 286 g/mol. The molecule has 0 spiro atoms. The summed E-state index contributed by atoms with van der Waals surface area (Å²) in [5, 5.41) is 0. The molecule has 0 heterocycles. The summed E-state index contributed by atoms with van der Waals surface area (Å²) >= 11 is 0. The fourth-order valence-corrected chi connectivity index (χ4v) is 2.64. The molecule has 21 heavy (non-hydrogen) atoms. The van der Waals surface area contributed by atoms with Crippen molar-refractivity contribution >= 4 is 5.69 Å². The Balaban J connectivity index is 2.13. The van der Waals surface area contributed by atoms with Crippen LogP contribution in [0.1, 0.15) is 23.6 Å². The van der Waals surface area contributed by atoms with Gasteiger partial charge in [-0.15, -0.1) is 0 Å². The van der Waals surface area contributed by atoms with Crippen molar-refractivity contribution in [3.63, 3.8) is 0 Å². The Morgan fingerprint density at radius 1 is 1.14 bits per heavy atom. The van der Waals surface area contributed by atoms with Gasteiger partial charge in [0.2, 0.25) is 0 Å². The van der Waals surface area contributed by atoms with Gasteiger partial charge in [-0.1, -0.05) is 24.3 Å². The summed E-state index contributed by atoms with van der Waals surface area (Å²) in [6.07, 6.45) is 0.884. The quantitative estimate of drug-likeness (QED) is 0.909. The van der Waals surface area contributed by atoms with Crippen molar-refractivity contribution in [2.45, 2.75) is 32.9 Å². The van der Waals surface area contributed by atoms with Gasteiger partial charge in [-0.2, -0.15) is 0 Å². The van der Waals surface area contributed by atoms with E-state index in [1.807, 2.05) is 20.0 Å². The first-order valence-corrected chi connectivity index (χ1v) is 7.26. The molecule has 0 aliphatic carbocycles. The molecule has 0 aliphatic rings. The van der Waals surface area contributed by atoms with Crippen LogP contribution < -0.4 is 10.6 Å². The normalized spacial score (nSPS) is 12.2. The molecule has 0 aromatic heterocycles. The highest BCUT2D eigenvalue weighted by atomic mass is 19.1. The van der Waals surface area contributed by atoms with Crippen molar-refractivity contribution in [1.82, 2.24) is 0 Å². The number of hydrogen-bond acceptors (Lipinski definition) is 2. The molecule has 112 valence electrons. The lowest BCUT2D eigenvalue weighted by Gasteiger charge is -2.22. The molecule has 0 aliphatic heterocycles. The molecule has 0 amide bonds. The van der Waals surface area contributed by atoms with Crippen LogP contribution in [-0.2, 0) is 13.0 Å². The number of aryl methyl sites for hydroxylation is 1. The second-order valence-electron chi connectivity index (χ2n) is 5.79. The lowest BCUT2D eigenvalue weighted by Crippen LogP contribution is -2.19. The van der Waals surface area contributed by atoms with Crippen LogP contribution in [0, 0.1) is 12.7 Å². The molecular formula is C18H23FN2. The first-order valence-electron chi connectivity index (χ1n) is 7.26. The van der Waals surface area contributed by atoms with E-state index in [0.29, 0.717) is 6.54 Å². The van der Waals surface area contributed by atoms with Gasteiger partial charge >= 0.3 is 0 Å². The molecule has 0 saturated carbocycles. The van der Waals surface area contributed by atoms with Crippen LogP contribution in [0.2, 0.25) is 0 Å². The molecule has 2 N–H and O–H groups in total. The third kappa shape index (κ3) is 4.30. The zero-order chi connectivity index (χ0) is 15.4. The highest BCUT2D eigenvalue weighted by Crippen LogP contribution is 2.22. The highest BCUT2D eigenvalue weighted by Gasteiger charge is 2.08. The summed E-state index contributed by atoms with van der Waals surface area (Å²) in [6.45, 7) is 4.80. The van der Waals surface area contributed by atoms with E-state index in [1.165, 1.54) is 17.2 Å². The van der Waals surface area contributed by atoms with Gasteiger partial charge in [0.05, 0.1) is 0 Å². The largest absolute Gasteiger partial charge is 0.370 e. The number of nitrogens with zero attached hydrogens (tertiary/aromatic N) is 1. The number of nitrogens with two attached hydrogens (primary N) is 1. The number of hydrogen-bond donors (Lipinski definition) is 1. The molecule has 0 radical (unpaired) electrons. The third-order valence-electron chi connectivity index (χ3n) is 3.54. The molecule has 2 aromatic carbocycles. The monoisotopic (exact) mass is 286 g/mol. The molecule has 3 heteroatoms. The number of halogens is 1. The fourth-order valence-electron chi connectivity index (χ4n) is 2.64. The van der Waals surface area contributed by atoms with Gasteiger partial charge < -0.3 is 10.6 Å². The smallest absolute Gasteiger partial charge is 0.123 e. The minimum atomic E-state index is -0.190. The SMILES string of the molecule is Cc1cc(CC(C)N)ccc1N(C)Cc1cccc(F)c1. The van der Waals surface area contributed by atoms with Crippen molar-refractivity contribution in [1.29, 1.82) is 0 Å². The van der Waals surface area contributed by atoms with Gasteiger partial charge in [0.15, 0.2) is 0 Å². The zero-order valence-electron chi connectivity index (χ0n) is 12.9. The Kier molecular flexibility index (Phi) is 4.97. The van der Waals surface area contributed by atoms with E-state index < -0.39 is 0 Å². The Morgan fingerprint density at radius 2 is 1.90 bits per heavy atom. The van der Waals surface area contributed by atoms with Crippen molar-refractivity contribution < 1.29 is 4.39 Å². The minimum absolute atomic E-state index is 0.167. The van der Waals surface area contributed by atoms with Gasteiger partial charge in [0.1, 0.15) is 5.82 Å². The van der Waals surface area contributed by atoms with Crippen molar-refractivity contribution in [2.24, 2.45) is 5.73 Å². The van der Waals surface area contributed by atoms with E-state index in [0.717, 1.165) is 17.7 Å². The van der Waals surface area contributed by atoms with Crippen molar-refractivity contribution in [2.75, 3.05) is 11.9 Å². The molecule has 2 nitrogen and oxygen atoms in total. The lowest BCUT2D eigenvalue weighted by molar-refractivity contribution is 0.625. The summed E-state index contributed by atoms with van der Waals surface area (Å²) in [7, 11) is 2.03. The van der Waals surface area contributed by atoms with Crippen molar-refractivity contribution in [3.8, 4) is 0 Å². The second-order valence-corrected chi connectivity index (χ2v) is 5.79. The molecule has 0 saturated heterocycles. The number of anilines is 1. The second kappa shape index (κ2) is 6.72. The maximum Gasteiger partial charge on any atom is 0.123 e. The van der Waals surface area contributed by atoms with Crippen LogP contribution in [0.15, 0.2) is 42.5 Å². The van der Waals surface area contributed by atoms with Crippen LogP contribution in [0.3, 0.4) is 0 Å². The van der Waals surface area contributed by atoms with Gasteiger partial charge in [-0.3, -0.25) is 0 Å². The van der Waals surface area contributed by atoms with Gasteiger partial charge in [-0.25, -0.2) is 4.39 Å². The Hall–Kier alpha value is -1.87. The summed E-state index contributed by atoms with van der Waals surface area (Å²) in [6, 6.07) is 13.3. The van der Waals surface area contributed by atoms with E-state index in [-0.39, 0.29) is 11.9 Å². The Bertz CT molecular complexity index is 608. The van der Waals surface area contributed by atoms with Crippen molar-refractivity contribution in [3.05, 3.63) is 65.0 Å². The van der Waals surface area contributed by atoms with E-state index in [9.17, 15) is 4.39 Å². The maximum atomic E-state index is 13.2. The topological polar surface area (TPSA) is 29.3 Å². The van der Waals surface area contributed by atoms with Crippen LogP contribution in [0.4, 0.5) is 10.1 Å². The van der Waals surface area contributed by atoms with E-state index in [4.69, 9.17) is 5.73 Å². The third-order valence-corrected chi connectivity index (χ3v) is 3.54. The van der Waals surface area contributed by atoms with Crippen LogP contribution in [0.25, 0.3) is 0 Å². The Labute approximate surface area is 126 Å². The van der Waals surface area contributed by atoms with Crippen LogP contribution in [-0.4, -0.2) is 13.1 Å². The molecule has 0 fully saturated rings.